The Kier molecular flexibility index (Phi) is 6.57. The van der Waals surface area contributed by atoms with Crippen LogP contribution >= 0.6 is 0 Å². The number of ether oxygens (including phenoxy) is 2. The van der Waals surface area contributed by atoms with Gasteiger partial charge in [-0.1, -0.05) is 18.2 Å². The number of benzene rings is 2. The van der Waals surface area contributed by atoms with Gasteiger partial charge in [-0.25, -0.2) is 0 Å². The molecule has 28 heavy (non-hydrogen) atoms. The van der Waals surface area contributed by atoms with Gasteiger partial charge in [-0.2, -0.15) is 13.2 Å². The number of halogens is 3. The maximum absolute atomic E-state index is 12.1. The molecule has 1 amide bonds. The van der Waals surface area contributed by atoms with Gasteiger partial charge in [-0.15, -0.1) is 0 Å². The Morgan fingerprint density at radius 1 is 1.04 bits per heavy atom. The van der Waals surface area contributed by atoms with Crippen molar-refractivity contribution in [1.29, 1.82) is 0 Å². The summed E-state index contributed by atoms with van der Waals surface area (Å²) in [5.41, 5.74) is 3.71. The van der Waals surface area contributed by atoms with Gasteiger partial charge in [0.25, 0.3) is 5.91 Å². The fourth-order valence-corrected chi connectivity index (χ4v) is 3.11. The van der Waals surface area contributed by atoms with E-state index in [1.807, 2.05) is 6.07 Å². The van der Waals surface area contributed by atoms with Crippen LogP contribution in [-0.4, -0.2) is 31.8 Å². The summed E-state index contributed by atoms with van der Waals surface area (Å²) in [7, 11) is 0. The van der Waals surface area contributed by atoms with E-state index in [0.717, 1.165) is 18.6 Å². The number of carbonyl (C=O) groups is 1. The number of fused-ring (bicyclic) bond motifs is 1. The van der Waals surface area contributed by atoms with Crippen LogP contribution in [0.1, 0.15) is 33.5 Å². The molecule has 0 atom stereocenters. The van der Waals surface area contributed by atoms with Gasteiger partial charge in [0, 0.05) is 5.56 Å². The molecule has 0 fully saturated rings. The number of hydrogen-bond donors (Lipinski definition) is 1. The zero-order valence-electron chi connectivity index (χ0n) is 15.3. The summed E-state index contributed by atoms with van der Waals surface area (Å²) in [5.74, 6) is 0.540. The number of nitrogens with one attached hydrogen (secondary N) is 1. The first-order valence-corrected chi connectivity index (χ1v) is 9.17. The maximum atomic E-state index is 12.1. The van der Waals surface area contributed by atoms with Gasteiger partial charge >= 0.3 is 6.18 Å². The lowest BCUT2D eigenvalue weighted by molar-refractivity contribution is -0.176. The Balaban J connectivity index is 1.38. The molecule has 0 aliphatic heterocycles. The molecule has 1 aliphatic carbocycles. The predicted molar refractivity (Wildman–Crippen MR) is 98.4 cm³/mol. The molecule has 0 saturated heterocycles. The fraction of sp³-hybridized carbons (Fsp3) is 0.381. The van der Waals surface area contributed by atoms with Crippen LogP contribution in [0.15, 0.2) is 42.5 Å². The molecule has 1 N–H and O–H groups in total. The monoisotopic (exact) mass is 393 g/mol. The second kappa shape index (κ2) is 9.10. The molecular weight excluding hydrogens is 371 g/mol. The summed E-state index contributed by atoms with van der Waals surface area (Å²) < 4.78 is 46.4. The van der Waals surface area contributed by atoms with E-state index in [1.165, 1.54) is 17.5 Å². The third-order valence-electron chi connectivity index (χ3n) is 4.48. The topological polar surface area (TPSA) is 47.6 Å². The lowest BCUT2D eigenvalue weighted by Crippen LogP contribution is -2.28. The normalized spacial score (nSPS) is 13.2. The summed E-state index contributed by atoms with van der Waals surface area (Å²) in [6.07, 6.45) is -0.955. The minimum Gasteiger partial charge on any atom is -0.492 e. The van der Waals surface area contributed by atoms with E-state index in [0.29, 0.717) is 24.3 Å². The fourth-order valence-electron chi connectivity index (χ4n) is 3.11. The summed E-state index contributed by atoms with van der Waals surface area (Å²) in [4.78, 5) is 12.1. The first-order valence-electron chi connectivity index (χ1n) is 9.17. The van der Waals surface area contributed by atoms with Gasteiger partial charge in [0.05, 0.1) is 13.2 Å². The number of aryl methyl sites for hydroxylation is 2. The highest BCUT2D eigenvalue weighted by Crippen LogP contribution is 2.25. The smallest absolute Gasteiger partial charge is 0.411 e. The largest absolute Gasteiger partial charge is 0.492 e. The molecule has 0 radical (unpaired) electrons. The van der Waals surface area contributed by atoms with Crippen LogP contribution in [0.5, 0.6) is 5.75 Å². The predicted octanol–water partition coefficient (Wildman–Crippen LogP) is 4.06. The molecule has 2 aromatic carbocycles. The lowest BCUT2D eigenvalue weighted by atomic mass is 10.1. The molecule has 3 rings (SSSR count). The Morgan fingerprint density at radius 2 is 1.79 bits per heavy atom. The van der Waals surface area contributed by atoms with Crippen LogP contribution in [0.4, 0.5) is 13.2 Å². The molecule has 150 valence electrons. The first-order chi connectivity index (χ1) is 13.4. The number of hydrogen-bond acceptors (Lipinski definition) is 3. The average Bonchev–Trinajstić information content (AvgIpc) is 3.12. The summed E-state index contributed by atoms with van der Waals surface area (Å²) in [5, 5.41) is 2.76. The molecule has 1 aliphatic rings. The Labute approximate surface area is 161 Å². The van der Waals surface area contributed by atoms with Crippen LogP contribution in [0.2, 0.25) is 0 Å². The van der Waals surface area contributed by atoms with Gasteiger partial charge in [0.15, 0.2) is 0 Å². The second-order valence-electron chi connectivity index (χ2n) is 6.69. The molecule has 0 aromatic heterocycles. The van der Waals surface area contributed by atoms with Crippen LogP contribution in [0, 0.1) is 0 Å². The number of carbonyl (C=O) groups excluding carboxylic acids is 1. The molecule has 7 heteroatoms. The van der Waals surface area contributed by atoms with E-state index in [1.54, 1.807) is 24.3 Å². The first kappa shape index (κ1) is 20.2. The van der Waals surface area contributed by atoms with E-state index >= 15 is 0 Å². The highest BCUT2D eigenvalue weighted by atomic mass is 19.4. The molecule has 0 unspecified atom stereocenters. The van der Waals surface area contributed by atoms with Crippen molar-refractivity contribution in [1.82, 2.24) is 5.32 Å². The minimum atomic E-state index is -4.35. The zero-order chi connectivity index (χ0) is 20.0. The SMILES string of the molecule is O=C(NCCOc1ccc2c(c1)CCC2)c1ccc(COCC(F)(F)F)cc1. The Hall–Kier alpha value is -2.54. The number of rotatable bonds is 8. The van der Waals surface area contributed by atoms with Gasteiger partial charge in [-0.3, -0.25) is 4.79 Å². The molecule has 0 heterocycles. The van der Waals surface area contributed by atoms with Crippen LogP contribution in [0.25, 0.3) is 0 Å². The quantitative estimate of drug-likeness (QED) is 0.688. The van der Waals surface area contributed by atoms with E-state index in [-0.39, 0.29) is 12.5 Å². The Bertz CT molecular complexity index is 804. The summed E-state index contributed by atoms with van der Waals surface area (Å²) >= 11 is 0. The van der Waals surface area contributed by atoms with Crippen molar-refractivity contribution in [3.63, 3.8) is 0 Å². The van der Waals surface area contributed by atoms with Crippen molar-refractivity contribution < 1.29 is 27.4 Å². The third-order valence-corrected chi connectivity index (χ3v) is 4.48. The number of alkyl halides is 3. The van der Waals surface area contributed by atoms with Crippen LogP contribution in [0.3, 0.4) is 0 Å². The molecule has 0 bridgehead atoms. The third kappa shape index (κ3) is 5.99. The lowest BCUT2D eigenvalue weighted by Gasteiger charge is -2.10. The van der Waals surface area contributed by atoms with Gasteiger partial charge in [0.1, 0.15) is 19.0 Å². The van der Waals surface area contributed by atoms with Crippen molar-refractivity contribution in [3.05, 3.63) is 64.7 Å². The molecular formula is C21H22F3NO3. The summed E-state index contributed by atoms with van der Waals surface area (Å²) in [6.45, 7) is -0.740. The van der Waals surface area contributed by atoms with Crippen molar-refractivity contribution in [2.45, 2.75) is 32.0 Å². The van der Waals surface area contributed by atoms with Crippen LogP contribution < -0.4 is 10.1 Å². The number of amides is 1. The van der Waals surface area contributed by atoms with Crippen molar-refractivity contribution in [2.75, 3.05) is 19.8 Å². The molecule has 4 nitrogen and oxygen atoms in total. The average molecular weight is 393 g/mol. The molecule has 2 aromatic rings. The van der Waals surface area contributed by atoms with E-state index in [4.69, 9.17) is 4.74 Å². The van der Waals surface area contributed by atoms with Crippen LogP contribution in [-0.2, 0) is 24.2 Å². The summed E-state index contributed by atoms with van der Waals surface area (Å²) in [6, 6.07) is 12.4. The second-order valence-corrected chi connectivity index (χ2v) is 6.69. The van der Waals surface area contributed by atoms with Crippen molar-refractivity contribution in [2.24, 2.45) is 0 Å². The van der Waals surface area contributed by atoms with Gasteiger partial charge < -0.3 is 14.8 Å². The van der Waals surface area contributed by atoms with E-state index in [2.05, 4.69) is 22.2 Å². The van der Waals surface area contributed by atoms with E-state index < -0.39 is 12.8 Å². The van der Waals surface area contributed by atoms with Crippen molar-refractivity contribution in [3.8, 4) is 5.75 Å². The Morgan fingerprint density at radius 3 is 2.54 bits per heavy atom. The molecule has 0 saturated carbocycles. The van der Waals surface area contributed by atoms with Gasteiger partial charge in [0.2, 0.25) is 0 Å². The minimum absolute atomic E-state index is 0.157. The van der Waals surface area contributed by atoms with E-state index in [9.17, 15) is 18.0 Å². The highest BCUT2D eigenvalue weighted by molar-refractivity contribution is 5.94. The van der Waals surface area contributed by atoms with Crippen molar-refractivity contribution >= 4 is 5.91 Å². The van der Waals surface area contributed by atoms with Gasteiger partial charge in [-0.05, 0) is 60.2 Å². The highest BCUT2D eigenvalue weighted by Gasteiger charge is 2.27. The maximum Gasteiger partial charge on any atom is 0.411 e. The zero-order valence-corrected chi connectivity index (χ0v) is 15.3. The standard InChI is InChI=1S/C21H22F3NO3/c22-21(23,24)14-27-13-15-4-6-17(7-5-15)20(26)25-10-11-28-19-9-8-16-2-1-3-18(16)12-19/h4-9,12H,1-3,10-11,13-14H2,(H,25,26). The molecule has 0 spiro atoms.